The number of hydrogen-bond donors (Lipinski definition) is 2. The van der Waals surface area contributed by atoms with Crippen LogP contribution in [0.5, 0.6) is 0 Å². The first kappa shape index (κ1) is 19.0. The Labute approximate surface area is 146 Å². The molecule has 0 aliphatic heterocycles. The fourth-order valence-corrected chi connectivity index (χ4v) is 3.01. The number of thioether (sulfide) groups is 1. The predicted molar refractivity (Wildman–Crippen MR) is 89.9 cm³/mol. The number of nitrogens with one attached hydrogen (secondary N) is 2. The number of hydrogen-bond acceptors (Lipinski definition) is 4. The van der Waals surface area contributed by atoms with Gasteiger partial charge in [-0.15, -0.1) is 0 Å². The predicted octanol–water partition coefficient (Wildman–Crippen LogP) is 3.44. The van der Waals surface area contributed by atoms with Gasteiger partial charge >= 0.3 is 6.18 Å². The van der Waals surface area contributed by atoms with Gasteiger partial charge < -0.3 is 10.3 Å². The number of rotatable bonds is 4. The van der Waals surface area contributed by atoms with Crippen molar-refractivity contribution >= 4 is 23.4 Å². The van der Waals surface area contributed by atoms with Crippen LogP contribution in [0.15, 0.2) is 28.2 Å². The topological polar surface area (TPSA) is 74.8 Å². The third kappa shape index (κ3) is 5.09. The van der Waals surface area contributed by atoms with Gasteiger partial charge in [-0.3, -0.25) is 9.59 Å². The molecule has 0 atom stereocenters. The Balaban J connectivity index is 2.09. The molecule has 2 N–H and O–H groups in total. The summed E-state index contributed by atoms with van der Waals surface area (Å²) in [5, 5.41) is 2.48. The van der Waals surface area contributed by atoms with Crippen molar-refractivity contribution in [3.8, 4) is 0 Å². The number of carbonyl (C=O) groups is 1. The molecule has 9 heteroatoms. The lowest BCUT2D eigenvalue weighted by Gasteiger charge is -2.12. The normalized spacial score (nSPS) is 11.4. The number of anilines is 1. The van der Waals surface area contributed by atoms with Crippen LogP contribution in [0.3, 0.4) is 0 Å². The number of H-pyrrole nitrogens is 1. The summed E-state index contributed by atoms with van der Waals surface area (Å²) in [7, 11) is 0. The Morgan fingerprint density at radius 3 is 2.36 bits per heavy atom. The molecular weight excluding hydrogens is 355 g/mol. The van der Waals surface area contributed by atoms with Gasteiger partial charge in [-0.1, -0.05) is 29.5 Å². The molecule has 0 bridgehead atoms. The number of aromatic nitrogens is 2. The monoisotopic (exact) mass is 371 g/mol. The number of aromatic amines is 1. The molecule has 0 radical (unpaired) electrons. The van der Waals surface area contributed by atoms with Crippen LogP contribution in [0.4, 0.5) is 18.9 Å². The highest BCUT2D eigenvalue weighted by Gasteiger charge is 2.33. The largest absolute Gasteiger partial charge is 0.433 e. The molecule has 134 valence electrons. The number of carbonyl (C=O) groups excluding carboxylic acids is 1. The van der Waals surface area contributed by atoms with Crippen molar-refractivity contribution in [1.82, 2.24) is 9.97 Å². The molecule has 0 spiro atoms. The minimum Gasteiger partial charge on any atom is -0.325 e. The summed E-state index contributed by atoms with van der Waals surface area (Å²) in [6, 6.07) is 4.21. The molecule has 0 fully saturated rings. The van der Waals surface area contributed by atoms with Crippen molar-refractivity contribution in [1.29, 1.82) is 0 Å². The number of halogens is 3. The zero-order valence-electron chi connectivity index (χ0n) is 13.7. The average Bonchev–Trinajstić information content (AvgIpc) is 2.47. The van der Waals surface area contributed by atoms with E-state index in [4.69, 9.17) is 0 Å². The van der Waals surface area contributed by atoms with E-state index in [9.17, 15) is 22.8 Å². The number of alkyl halides is 3. The van der Waals surface area contributed by atoms with Gasteiger partial charge in [0.15, 0.2) is 10.9 Å². The summed E-state index contributed by atoms with van der Waals surface area (Å²) < 4.78 is 38.0. The summed E-state index contributed by atoms with van der Waals surface area (Å²) >= 11 is 0.728. The SMILES string of the molecule is Cc1cc(C)c(NC(=O)CSc2nc(C(F)(F)F)cc(=O)[nH]2)c(C)c1. The first-order valence-corrected chi connectivity index (χ1v) is 8.24. The molecule has 0 aliphatic rings. The smallest absolute Gasteiger partial charge is 0.325 e. The van der Waals surface area contributed by atoms with E-state index in [1.165, 1.54) is 0 Å². The molecule has 1 heterocycles. The number of amides is 1. The average molecular weight is 371 g/mol. The quantitative estimate of drug-likeness (QED) is 0.638. The maximum Gasteiger partial charge on any atom is 0.433 e. The summed E-state index contributed by atoms with van der Waals surface area (Å²) in [6.07, 6.45) is -4.72. The molecule has 5 nitrogen and oxygen atoms in total. The lowest BCUT2D eigenvalue weighted by atomic mass is 10.1. The zero-order chi connectivity index (χ0) is 18.8. The summed E-state index contributed by atoms with van der Waals surface area (Å²) in [6.45, 7) is 5.65. The highest BCUT2D eigenvalue weighted by Crippen LogP contribution is 2.27. The standard InChI is InChI=1S/C16H16F3N3O2S/c1-8-4-9(2)14(10(3)5-8)21-13(24)7-25-15-20-11(16(17,18)19)6-12(23)22-15/h4-6H,7H2,1-3H3,(H,21,24)(H,20,22,23). The van der Waals surface area contributed by atoms with Crippen molar-refractivity contribution in [3.05, 3.63) is 50.9 Å². The van der Waals surface area contributed by atoms with Crippen LogP contribution >= 0.6 is 11.8 Å². The molecule has 1 aromatic carbocycles. The fraction of sp³-hybridized carbons (Fsp3) is 0.312. The molecule has 0 saturated heterocycles. The second kappa shape index (κ2) is 7.30. The van der Waals surface area contributed by atoms with E-state index < -0.39 is 23.3 Å². The maximum atomic E-state index is 12.7. The van der Waals surface area contributed by atoms with Crippen molar-refractivity contribution in [2.75, 3.05) is 11.1 Å². The van der Waals surface area contributed by atoms with Gasteiger partial charge in [0.2, 0.25) is 5.91 Å². The van der Waals surface area contributed by atoms with Crippen LogP contribution in [-0.2, 0) is 11.0 Å². The molecule has 0 saturated carbocycles. The van der Waals surface area contributed by atoms with Crippen LogP contribution in [0.2, 0.25) is 0 Å². The van der Waals surface area contributed by atoms with Gasteiger partial charge in [-0.05, 0) is 31.9 Å². The van der Waals surface area contributed by atoms with E-state index in [0.717, 1.165) is 28.5 Å². The van der Waals surface area contributed by atoms with Gasteiger partial charge in [0.25, 0.3) is 5.56 Å². The number of nitrogens with zero attached hydrogens (tertiary/aromatic N) is 1. The Morgan fingerprint density at radius 2 is 1.80 bits per heavy atom. The minimum absolute atomic E-state index is 0.184. The van der Waals surface area contributed by atoms with E-state index in [2.05, 4.69) is 15.3 Å². The summed E-state index contributed by atoms with van der Waals surface area (Å²) in [5.41, 5.74) is 1.30. The third-order valence-corrected chi connectivity index (χ3v) is 4.17. The first-order valence-electron chi connectivity index (χ1n) is 7.25. The van der Waals surface area contributed by atoms with E-state index in [1.807, 2.05) is 32.9 Å². The van der Waals surface area contributed by atoms with Gasteiger partial charge in [-0.2, -0.15) is 13.2 Å². The second-order valence-corrected chi connectivity index (χ2v) is 6.51. The van der Waals surface area contributed by atoms with Crippen molar-refractivity contribution in [2.45, 2.75) is 32.1 Å². The number of benzene rings is 1. The first-order chi connectivity index (χ1) is 11.6. The minimum atomic E-state index is -4.72. The molecule has 1 amide bonds. The van der Waals surface area contributed by atoms with Crippen LogP contribution in [0.25, 0.3) is 0 Å². The van der Waals surface area contributed by atoms with Crippen LogP contribution < -0.4 is 10.9 Å². The van der Waals surface area contributed by atoms with E-state index in [-0.39, 0.29) is 10.9 Å². The zero-order valence-corrected chi connectivity index (χ0v) is 14.6. The highest BCUT2D eigenvalue weighted by molar-refractivity contribution is 7.99. The fourth-order valence-electron chi connectivity index (χ4n) is 2.34. The van der Waals surface area contributed by atoms with Crippen molar-refractivity contribution in [2.24, 2.45) is 0 Å². The molecular formula is C16H16F3N3O2S. The van der Waals surface area contributed by atoms with E-state index in [1.54, 1.807) is 0 Å². The highest BCUT2D eigenvalue weighted by atomic mass is 32.2. The van der Waals surface area contributed by atoms with Crippen LogP contribution in [-0.4, -0.2) is 21.6 Å². The van der Waals surface area contributed by atoms with Gasteiger partial charge in [0.05, 0.1) is 5.75 Å². The third-order valence-electron chi connectivity index (χ3n) is 3.29. The molecule has 0 unspecified atom stereocenters. The van der Waals surface area contributed by atoms with Crippen LogP contribution in [0.1, 0.15) is 22.4 Å². The second-order valence-electron chi connectivity index (χ2n) is 5.54. The van der Waals surface area contributed by atoms with Crippen LogP contribution in [0, 0.1) is 20.8 Å². The Hall–Kier alpha value is -2.29. The molecule has 0 aliphatic carbocycles. The molecule has 25 heavy (non-hydrogen) atoms. The molecule has 2 aromatic rings. The van der Waals surface area contributed by atoms with Gasteiger partial charge in [0.1, 0.15) is 0 Å². The lowest BCUT2D eigenvalue weighted by molar-refractivity contribution is -0.141. The Bertz CT molecular complexity index is 839. The molecule has 1 aromatic heterocycles. The van der Waals surface area contributed by atoms with Crippen molar-refractivity contribution in [3.63, 3.8) is 0 Å². The molecule has 2 rings (SSSR count). The lowest BCUT2D eigenvalue weighted by Crippen LogP contribution is -2.19. The van der Waals surface area contributed by atoms with Gasteiger partial charge in [0, 0.05) is 11.8 Å². The van der Waals surface area contributed by atoms with E-state index >= 15 is 0 Å². The Kier molecular flexibility index (Phi) is 5.56. The van der Waals surface area contributed by atoms with Crippen molar-refractivity contribution < 1.29 is 18.0 Å². The summed E-state index contributed by atoms with van der Waals surface area (Å²) in [5.74, 6) is -0.586. The van der Waals surface area contributed by atoms with Gasteiger partial charge in [-0.25, -0.2) is 4.98 Å². The summed E-state index contributed by atoms with van der Waals surface area (Å²) in [4.78, 5) is 28.9. The number of aryl methyl sites for hydroxylation is 3. The maximum absolute atomic E-state index is 12.7. The Morgan fingerprint density at radius 1 is 1.20 bits per heavy atom. The van der Waals surface area contributed by atoms with E-state index in [0.29, 0.717) is 11.8 Å².